The minimum atomic E-state index is -1.97. The molecule has 0 N–H and O–H groups in total. The van der Waals surface area contributed by atoms with Gasteiger partial charge in [-0.2, -0.15) is 4.98 Å². The third kappa shape index (κ3) is 4.37. The Morgan fingerprint density at radius 3 is 2.36 bits per heavy atom. The smallest absolute Gasteiger partial charge is 0.251 e. The molecular formula is C13H8Cl5N3O. The van der Waals surface area contributed by atoms with Crippen LogP contribution in [0.3, 0.4) is 0 Å². The lowest BCUT2D eigenvalue weighted by molar-refractivity contribution is 0.906. The van der Waals surface area contributed by atoms with Crippen molar-refractivity contribution in [2.45, 2.75) is 9.29 Å². The Morgan fingerprint density at radius 1 is 1.18 bits per heavy atom. The molecule has 0 bridgehead atoms. The SMILES string of the molecule is O=c1nc(Cl)ccn1C(=N[C@H](Cl)c1ccccc1)C(Cl)(Cl)Cl. The Hall–Kier alpha value is -0.780. The van der Waals surface area contributed by atoms with Crippen LogP contribution in [-0.4, -0.2) is 19.2 Å². The average molecular weight is 399 g/mol. The Kier molecular flexibility index (Phi) is 5.75. The van der Waals surface area contributed by atoms with Crippen LogP contribution in [0.15, 0.2) is 52.4 Å². The number of halogens is 5. The van der Waals surface area contributed by atoms with Gasteiger partial charge in [0, 0.05) is 6.20 Å². The van der Waals surface area contributed by atoms with Crippen LogP contribution in [0.5, 0.6) is 0 Å². The van der Waals surface area contributed by atoms with Gasteiger partial charge in [0.1, 0.15) is 5.15 Å². The number of hydrogen-bond acceptors (Lipinski definition) is 3. The molecule has 9 heteroatoms. The second-order valence-electron chi connectivity index (χ2n) is 4.10. The van der Waals surface area contributed by atoms with Crippen molar-refractivity contribution in [3.05, 3.63) is 63.8 Å². The maximum absolute atomic E-state index is 11.9. The van der Waals surface area contributed by atoms with E-state index in [2.05, 4.69) is 9.98 Å². The highest BCUT2D eigenvalue weighted by molar-refractivity contribution is 6.76. The predicted molar refractivity (Wildman–Crippen MR) is 91.7 cm³/mol. The first kappa shape index (κ1) is 17.6. The summed E-state index contributed by atoms with van der Waals surface area (Å²) in [6.45, 7) is 0. The minimum absolute atomic E-state index is 0.0235. The van der Waals surface area contributed by atoms with Crippen LogP contribution in [0.1, 0.15) is 11.1 Å². The number of benzene rings is 1. The number of alkyl halides is 4. The highest BCUT2D eigenvalue weighted by Gasteiger charge is 2.31. The fraction of sp³-hybridized carbons (Fsp3) is 0.154. The summed E-state index contributed by atoms with van der Waals surface area (Å²) in [4.78, 5) is 19.6. The van der Waals surface area contributed by atoms with Crippen LogP contribution in [0.25, 0.3) is 0 Å². The first-order valence-electron chi connectivity index (χ1n) is 5.88. The zero-order valence-electron chi connectivity index (χ0n) is 10.8. The zero-order valence-corrected chi connectivity index (χ0v) is 14.5. The molecule has 0 aliphatic rings. The van der Waals surface area contributed by atoms with Gasteiger partial charge in [-0.3, -0.25) is 4.57 Å². The van der Waals surface area contributed by atoms with Crippen LogP contribution in [0.2, 0.25) is 5.15 Å². The maximum atomic E-state index is 11.9. The van der Waals surface area contributed by atoms with Gasteiger partial charge in [-0.15, -0.1) is 0 Å². The van der Waals surface area contributed by atoms with E-state index in [0.29, 0.717) is 5.56 Å². The summed E-state index contributed by atoms with van der Waals surface area (Å²) in [6.07, 6.45) is 1.31. The van der Waals surface area contributed by atoms with Gasteiger partial charge in [-0.1, -0.05) is 88.3 Å². The van der Waals surface area contributed by atoms with E-state index in [-0.39, 0.29) is 11.0 Å². The van der Waals surface area contributed by atoms with Crippen LogP contribution in [0.4, 0.5) is 0 Å². The first-order chi connectivity index (χ1) is 10.3. The van der Waals surface area contributed by atoms with E-state index in [1.54, 1.807) is 24.3 Å². The quantitative estimate of drug-likeness (QED) is 0.246. The minimum Gasteiger partial charge on any atom is -0.251 e. The highest BCUT2D eigenvalue weighted by Crippen LogP contribution is 2.31. The van der Waals surface area contributed by atoms with Crippen LogP contribution < -0.4 is 5.69 Å². The van der Waals surface area contributed by atoms with Gasteiger partial charge in [-0.25, -0.2) is 9.79 Å². The Morgan fingerprint density at radius 2 is 1.82 bits per heavy atom. The fourth-order valence-corrected chi connectivity index (χ4v) is 2.40. The van der Waals surface area contributed by atoms with Gasteiger partial charge < -0.3 is 0 Å². The summed E-state index contributed by atoms with van der Waals surface area (Å²) < 4.78 is -0.988. The van der Waals surface area contributed by atoms with Gasteiger partial charge in [0.25, 0.3) is 0 Å². The van der Waals surface area contributed by atoms with E-state index in [4.69, 9.17) is 58.0 Å². The molecule has 0 saturated carbocycles. The Labute approximate surface area is 151 Å². The number of rotatable bonds is 2. The van der Waals surface area contributed by atoms with Gasteiger partial charge in [0.05, 0.1) is 0 Å². The number of hydrogen-bond donors (Lipinski definition) is 0. The molecule has 1 aromatic heterocycles. The molecule has 0 unspecified atom stereocenters. The summed E-state index contributed by atoms with van der Waals surface area (Å²) in [6, 6.07) is 10.3. The lowest BCUT2D eigenvalue weighted by atomic mass is 10.2. The van der Waals surface area contributed by atoms with Crippen molar-refractivity contribution in [3.8, 4) is 0 Å². The van der Waals surface area contributed by atoms with Gasteiger partial charge >= 0.3 is 5.69 Å². The van der Waals surface area contributed by atoms with E-state index in [9.17, 15) is 4.79 Å². The van der Waals surface area contributed by atoms with Crippen molar-refractivity contribution in [2.24, 2.45) is 4.99 Å². The predicted octanol–water partition coefficient (Wildman–Crippen LogP) is 4.45. The van der Waals surface area contributed by atoms with Crippen LogP contribution >= 0.6 is 58.0 Å². The summed E-state index contributed by atoms with van der Waals surface area (Å²) >= 11 is 29.6. The lowest BCUT2D eigenvalue weighted by Gasteiger charge is -2.18. The lowest BCUT2D eigenvalue weighted by Crippen LogP contribution is -2.37. The molecule has 0 amide bonds. The number of nitrogens with zero attached hydrogens (tertiary/aromatic N) is 3. The van der Waals surface area contributed by atoms with Crippen molar-refractivity contribution < 1.29 is 0 Å². The molecule has 4 nitrogen and oxygen atoms in total. The Balaban J connectivity index is 2.52. The van der Waals surface area contributed by atoms with Crippen molar-refractivity contribution in [1.29, 1.82) is 0 Å². The monoisotopic (exact) mass is 397 g/mol. The molecule has 22 heavy (non-hydrogen) atoms. The summed E-state index contributed by atoms with van der Waals surface area (Å²) in [5, 5.41) is 0.0235. The molecule has 0 fully saturated rings. The normalized spacial score (nSPS) is 14.0. The average Bonchev–Trinajstić information content (AvgIpc) is 2.45. The second-order valence-corrected chi connectivity index (χ2v) is 7.18. The highest BCUT2D eigenvalue weighted by atomic mass is 35.6. The van der Waals surface area contributed by atoms with Gasteiger partial charge in [0.15, 0.2) is 11.3 Å². The standard InChI is InChI=1S/C13H8Cl5N3O/c14-9-6-7-21(12(22)19-9)11(13(16,17)18)20-10(15)8-4-2-1-3-5-8/h1-7,10H/t10-/m0/s1. The van der Waals surface area contributed by atoms with Crippen molar-refractivity contribution in [1.82, 2.24) is 9.55 Å². The largest absolute Gasteiger partial charge is 0.354 e. The molecule has 116 valence electrons. The molecule has 1 aromatic carbocycles. The second kappa shape index (κ2) is 7.20. The van der Waals surface area contributed by atoms with E-state index in [1.165, 1.54) is 12.3 Å². The Bertz CT molecular complexity index is 739. The van der Waals surface area contributed by atoms with Crippen molar-refractivity contribution in [2.75, 3.05) is 0 Å². The van der Waals surface area contributed by atoms with Crippen LogP contribution in [0, 0.1) is 0 Å². The molecule has 0 saturated heterocycles. The fourth-order valence-electron chi connectivity index (χ4n) is 1.61. The zero-order chi connectivity index (χ0) is 16.3. The molecule has 0 radical (unpaired) electrons. The van der Waals surface area contributed by atoms with Crippen molar-refractivity contribution >= 4 is 63.8 Å². The maximum Gasteiger partial charge on any atom is 0.354 e. The first-order valence-corrected chi connectivity index (χ1v) is 7.83. The third-order valence-electron chi connectivity index (χ3n) is 2.56. The molecular weight excluding hydrogens is 391 g/mol. The molecule has 2 rings (SSSR count). The van der Waals surface area contributed by atoms with Crippen LogP contribution in [-0.2, 0) is 0 Å². The van der Waals surface area contributed by atoms with E-state index >= 15 is 0 Å². The summed E-state index contributed by atoms with van der Waals surface area (Å²) in [7, 11) is 0. The molecule has 1 heterocycles. The topological polar surface area (TPSA) is 47.2 Å². The summed E-state index contributed by atoms with van der Waals surface area (Å²) in [5.41, 5.74) is -0.880. The summed E-state index contributed by atoms with van der Waals surface area (Å²) in [5.74, 6) is -0.171. The third-order valence-corrected chi connectivity index (χ3v) is 3.63. The van der Waals surface area contributed by atoms with E-state index < -0.39 is 15.0 Å². The van der Waals surface area contributed by atoms with E-state index in [0.717, 1.165) is 4.57 Å². The molecule has 2 aromatic rings. The van der Waals surface area contributed by atoms with Gasteiger partial charge in [0.2, 0.25) is 3.79 Å². The van der Waals surface area contributed by atoms with E-state index in [1.807, 2.05) is 6.07 Å². The number of aliphatic imine (C=N–C) groups is 1. The van der Waals surface area contributed by atoms with Crippen molar-refractivity contribution in [3.63, 3.8) is 0 Å². The molecule has 1 atom stereocenters. The molecule has 0 aliphatic carbocycles. The van der Waals surface area contributed by atoms with Gasteiger partial charge in [-0.05, 0) is 11.6 Å². The number of aromatic nitrogens is 2. The molecule has 0 aliphatic heterocycles. The molecule has 0 spiro atoms.